The van der Waals surface area contributed by atoms with Crippen molar-refractivity contribution in [2.24, 2.45) is 0 Å². The summed E-state index contributed by atoms with van der Waals surface area (Å²) < 4.78 is 0. The Morgan fingerprint density at radius 2 is 1.86 bits per heavy atom. The van der Waals surface area contributed by atoms with Crippen molar-refractivity contribution in [3.63, 3.8) is 0 Å². The van der Waals surface area contributed by atoms with Crippen molar-refractivity contribution in [1.82, 2.24) is 0 Å². The summed E-state index contributed by atoms with van der Waals surface area (Å²) in [7, 11) is 0. The molecule has 0 aliphatic heterocycles. The van der Waals surface area contributed by atoms with Crippen molar-refractivity contribution >= 4 is 5.69 Å². The van der Waals surface area contributed by atoms with Gasteiger partial charge in [0.05, 0.1) is 0 Å². The Kier molecular flexibility index (Phi) is 4.51. The first-order valence-corrected chi connectivity index (χ1v) is 5.59. The van der Waals surface area contributed by atoms with Gasteiger partial charge in [-0.15, -0.1) is 0 Å². The van der Waals surface area contributed by atoms with Gasteiger partial charge in [0.1, 0.15) is 0 Å². The monoisotopic (exact) mass is 193 g/mol. The maximum absolute atomic E-state index is 3.56. The molecule has 1 rings (SSSR count). The molecule has 1 aromatic rings. The molecular formula is C13H23N. The summed E-state index contributed by atoms with van der Waals surface area (Å²) in [6, 6.07) is 9.26. The van der Waals surface area contributed by atoms with Crippen LogP contribution in [-0.2, 0) is 0 Å². The summed E-state index contributed by atoms with van der Waals surface area (Å²) in [5.41, 5.74) is 2.56. The zero-order valence-corrected chi connectivity index (χ0v) is 9.51. The highest BCUT2D eigenvalue weighted by molar-refractivity contribution is 5.45. The molecule has 0 aliphatic rings. The molecule has 1 nitrogen and oxygen atoms in total. The van der Waals surface area contributed by atoms with E-state index in [0.717, 1.165) is 0 Å². The third kappa shape index (κ3) is 3.41. The third-order valence-corrected chi connectivity index (χ3v) is 2.55. The SMILES string of the molecule is CCCC(CC)Nc1ccc(C)cc1.[HH]. The molecule has 0 heterocycles. The molecule has 1 unspecified atom stereocenters. The van der Waals surface area contributed by atoms with Gasteiger partial charge in [0, 0.05) is 13.2 Å². The van der Waals surface area contributed by atoms with Crippen molar-refractivity contribution < 1.29 is 1.43 Å². The molecule has 0 aliphatic carbocycles. The molecule has 1 aromatic carbocycles. The molecule has 0 aromatic heterocycles. The van der Waals surface area contributed by atoms with E-state index in [0.29, 0.717) is 6.04 Å². The second kappa shape index (κ2) is 5.69. The predicted octanol–water partition coefficient (Wildman–Crippen LogP) is 4.23. The maximum Gasteiger partial charge on any atom is 0.0342 e. The van der Waals surface area contributed by atoms with Crippen molar-refractivity contribution in [1.29, 1.82) is 0 Å². The van der Waals surface area contributed by atoms with Gasteiger partial charge >= 0.3 is 0 Å². The van der Waals surface area contributed by atoms with Gasteiger partial charge in [-0.1, -0.05) is 38.0 Å². The van der Waals surface area contributed by atoms with Crippen LogP contribution in [0, 0.1) is 6.92 Å². The molecule has 1 atom stereocenters. The molecule has 80 valence electrons. The van der Waals surface area contributed by atoms with E-state index >= 15 is 0 Å². The van der Waals surface area contributed by atoms with Gasteiger partial charge in [-0.25, -0.2) is 0 Å². The van der Waals surface area contributed by atoms with Gasteiger partial charge in [-0.05, 0) is 31.9 Å². The highest BCUT2D eigenvalue weighted by Crippen LogP contribution is 2.13. The minimum Gasteiger partial charge on any atom is -0.382 e. The second-order valence-electron chi connectivity index (χ2n) is 3.90. The van der Waals surface area contributed by atoms with E-state index in [1.54, 1.807) is 0 Å². The number of hydrogen-bond acceptors (Lipinski definition) is 1. The highest BCUT2D eigenvalue weighted by Gasteiger charge is 2.03. The van der Waals surface area contributed by atoms with E-state index in [4.69, 9.17) is 0 Å². The van der Waals surface area contributed by atoms with E-state index in [1.165, 1.54) is 30.5 Å². The number of nitrogens with one attached hydrogen (secondary N) is 1. The topological polar surface area (TPSA) is 12.0 Å². The first-order chi connectivity index (χ1) is 6.76. The summed E-state index contributed by atoms with van der Waals surface area (Å²) in [6.45, 7) is 6.59. The van der Waals surface area contributed by atoms with Crippen LogP contribution in [0.25, 0.3) is 0 Å². The molecule has 0 saturated carbocycles. The average Bonchev–Trinajstić information content (AvgIpc) is 2.20. The van der Waals surface area contributed by atoms with Crippen LogP contribution in [0.1, 0.15) is 40.1 Å². The van der Waals surface area contributed by atoms with Gasteiger partial charge in [-0.3, -0.25) is 0 Å². The van der Waals surface area contributed by atoms with Crippen LogP contribution in [-0.4, -0.2) is 6.04 Å². The molecular weight excluding hydrogens is 170 g/mol. The number of hydrogen-bond donors (Lipinski definition) is 1. The number of anilines is 1. The van der Waals surface area contributed by atoms with Crippen molar-refractivity contribution in [3.8, 4) is 0 Å². The van der Waals surface area contributed by atoms with Crippen LogP contribution in [0.3, 0.4) is 0 Å². The Morgan fingerprint density at radius 1 is 1.21 bits per heavy atom. The minimum atomic E-state index is 0. The summed E-state index contributed by atoms with van der Waals surface area (Å²) in [4.78, 5) is 0. The predicted molar refractivity (Wildman–Crippen MR) is 65.9 cm³/mol. The van der Waals surface area contributed by atoms with E-state index in [2.05, 4.69) is 50.4 Å². The van der Waals surface area contributed by atoms with Crippen molar-refractivity contribution in [2.75, 3.05) is 5.32 Å². The molecule has 0 radical (unpaired) electrons. The summed E-state index contributed by atoms with van der Waals surface area (Å²) in [5.74, 6) is 0. The minimum absolute atomic E-state index is 0. The van der Waals surface area contributed by atoms with E-state index in [-0.39, 0.29) is 1.43 Å². The molecule has 0 spiro atoms. The lowest BCUT2D eigenvalue weighted by atomic mass is 10.1. The van der Waals surface area contributed by atoms with Gasteiger partial charge < -0.3 is 5.32 Å². The smallest absolute Gasteiger partial charge is 0.0342 e. The van der Waals surface area contributed by atoms with Crippen LogP contribution < -0.4 is 5.32 Å². The van der Waals surface area contributed by atoms with Crippen LogP contribution in [0.2, 0.25) is 0 Å². The Bertz CT molecular complexity index is 256. The molecule has 1 N–H and O–H groups in total. The molecule has 0 bridgehead atoms. The Balaban J connectivity index is 0.00000196. The van der Waals surface area contributed by atoms with Crippen LogP contribution >= 0.6 is 0 Å². The lowest BCUT2D eigenvalue weighted by Gasteiger charge is -2.17. The quantitative estimate of drug-likeness (QED) is 0.738. The molecule has 0 amide bonds. The number of aryl methyl sites for hydroxylation is 1. The normalized spacial score (nSPS) is 12.5. The zero-order valence-electron chi connectivity index (χ0n) is 9.51. The fourth-order valence-corrected chi connectivity index (χ4v) is 1.61. The molecule has 0 saturated heterocycles. The van der Waals surface area contributed by atoms with Gasteiger partial charge in [-0.2, -0.15) is 0 Å². The van der Waals surface area contributed by atoms with Crippen molar-refractivity contribution in [2.45, 2.75) is 46.1 Å². The number of benzene rings is 1. The fourth-order valence-electron chi connectivity index (χ4n) is 1.61. The van der Waals surface area contributed by atoms with Crippen LogP contribution in [0.4, 0.5) is 5.69 Å². The van der Waals surface area contributed by atoms with Crippen LogP contribution in [0.5, 0.6) is 0 Å². The van der Waals surface area contributed by atoms with Gasteiger partial charge in [0.15, 0.2) is 0 Å². The maximum atomic E-state index is 3.56. The van der Waals surface area contributed by atoms with Crippen molar-refractivity contribution in [3.05, 3.63) is 29.8 Å². The Hall–Kier alpha value is -0.980. The molecule has 14 heavy (non-hydrogen) atoms. The third-order valence-electron chi connectivity index (χ3n) is 2.55. The molecule has 1 heteroatoms. The fraction of sp³-hybridized carbons (Fsp3) is 0.538. The first-order valence-electron chi connectivity index (χ1n) is 5.59. The second-order valence-corrected chi connectivity index (χ2v) is 3.90. The van der Waals surface area contributed by atoms with E-state index in [1.807, 2.05) is 0 Å². The lowest BCUT2D eigenvalue weighted by molar-refractivity contribution is 0.623. The molecule has 0 fully saturated rings. The zero-order chi connectivity index (χ0) is 10.4. The van der Waals surface area contributed by atoms with E-state index in [9.17, 15) is 0 Å². The Labute approximate surface area is 89.0 Å². The Morgan fingerprint density at radius 3 is 2.36 bits per heavy atom. The van der Waals surface area contributed by atoms with Gasteiger partial charge in [0.25, 0.3) is 0 Å². The van der Waals surface area contributed by atoms with Crippen LogP contribution in [0.15, 0.2) is 24.3 Å². The summed E-state index contributed by atoms with van der Waals surface area (Å²) in [5, 5.41) is 3.56. The largest absolute Gasteiger partial charge is 0.382 e. The summed E-state index contributed by atoms with van der Waals surface area (Å²) >= 11 is 0. The lowest BCUT2D eigenvalue weighted by Crippen LogP contribution is -2.17. The highest BCUT2D eigenvalue weighted by atomic mass is 14.9. The van der Waals surface area contributed by atoms with Gasteiger partial charge in [0.2, 0.25) is 0 Å². The number of rotatable bonds is 5. The average molecular weight is 193 g/mol. The first kappa shape index (κ1) is 11.1. The van der Waals surface area contributed by atoms with E-state index < -0.39 is 0 Å². The summed E-state index contributed by atoms with van der Waals surface area (Å²) in [6.07, 6.45) is 3.70. The standard InChI is InChI=1S/C13H21N.H2/c1-4-6-12(5-2)14-13-9-7-11(3)8-10-13;/h7-10,12,14H,4-6H2,1-3H3;1H.